The summed E-state index contributed by atoms with van der Waals surface area (Å²) in [7, 11) is 0. The van der Waals surface area contributed by atoms with Gasteiger partial charge in [-0.25, -0.2) is 0 Å². The van der Waals surface area contributed by atoms with Crippen molar-refractivity contribution in [3.05, 3.63) is 69.2 Å². The number of hydrogen-bond donors (Lipinski definition) is 3. The third-order valence-corrected chi connectivity index (χ3v) is 5.18. The summed E-state index contributed by atoms with van der Waals surface area (Å²) in [6, 6.07) is 14.5. The van der Waals surface area contributed by atoms with Crippen molar-refractivity contribution in [2.75, 3.05) is 0 Å². The molecule has 2 aromatic rings. The number of rotatable bonds is 4. The van der Waals surface area contributed by atoms with Crippen molar-refractivity contribution < 1.29 is 19.8 Å². The summed E-state index contributed by atoms with van der Waals surface area (Å²) >= 11 is 12.1. The fraction of sp³-hybridized carbons (Fsp3) is 0.300. The third kappa shape index (κ3) is 5.96. The van der Waals surface area contributed by atoms with Crippen LogP contribution in [0.1, 0.15) is 54.3 Å². The molecular weight excluding hydrogens is 389 g/mol. The van der Waals surface area contributed by atoms with E-state index in [-0.39, 0.29) is 18.9 Å². The Labute approximate surface area is 167 Å². The molecule has 1 aliphatic rings. The van der Waals surface area contributed by atoms with Crippen LogP contribution in [0.5, 0.6) is 0 Å². The van der Waals surface area contributed by atoms with E-state index in [1.54, 1.807) is 0 Å². The smallest absolute Gasteiger partial charge is 0.303 e. The topological polar surface area (TPSA) is 101 Å². The van der Waals surface area contributed by atoms with Crippen LogP contribution in [-0.2, 0) is 9.59 Å². The number of nitrogens with two attached hydrogens (primary N) is 1. The summed E-state index contributed by atoms with van der Waals surface area (Å²) in [5.41, 5.74) is 9.98. The first-order chi connectivity index (χ1) is 12.8. The molecule has 1 aliphatic carbocycles. The first-order valence-electron chi connectivity index (χ1n) is 8.52. The van der Waals surface area contributed by atoms with E-state index in [1.807, 2.05) is 12.1 Å². The van der Waals surface area contributed by atoms with E-state index in [0.29, 0.717) is 16.0 Å². The van der Waals surface area contributed by atoms with E-state index in [9.17, 15) is 9.59 Å². The predicted molar refractivity (Wildman–Crippen MR) is 105 cm³/mol. The molecule has 0 saturated heterocycles. The molecule has 5 nitrogen and oxygen atoms in total. The fourth-order valence-electron chi connectivity index (χ4n) is 3.11. The average Bonchev–Trinajstić information content (AvgIpc) is 2.64. The largest absolute Gasteiger partial charge is 0.481 e. The zero-order valence-corrected chi connectivity index (χ0v) is 16.1. The van der Waals surface area contributed by atoms with Crippen LogP contribution in [0.25, 0.3) is 0 Å². The number of carboxylic acids is 2. The van der Waals surface area contributed by atoms with Crippen molar-refractivity contribution in [1.82, 2.24) is 0 Å². The zero-order chi connectivity index (χ0) is 20.0. The second kappa shape index (κ2) is 9.74. The van der Waals surface area contributed by atoms with E-state index in [4.69, 9.17) is 39.1 Å². The zero-order valence-electron chi connectivity index (χ0n) is 14.6. The van der Waals surface area contributed by atoms with E-state index in [0.717, 1.165) is 12.8 Å². The Bertz CT molecular complexity index is 811. The normalized spacial score (nSPS) is 18.0. The highest BCUT2D eigenvalue weighted by atomic mass is 35.5. The molecule has 0 bridgehead atoms. The molecule has 0 saturated carbocycles. The van der Waals surface area contributed by atoms with Gasteiger partial charge in [0.15, 0.2) is 0 Å². The maximum absolute atomic E-state index is 9.64. The third-order valence-electron chi connectivity index (χ3n) is 4.44. The summed E-state index contributed by atoms with van der Waals surface area (Å²) < 4.78 is 0. The molecule has 144 valence electrons. The number of carbonyl (C=O) groups is 2. The molecule has 7 heteroatoms. The van der Waals surface area contributed by atoms with Gasteiger partial charge in [-0.3, -0.25) is 9.59 Å². The molecule has 3 rings (SSSR count). The fourth-order valence-corrected chi connectivity index (χ4v) is 3.42. The Morgan fingerprint density at radius 1 is 0.926 bits per heavy atom. The number of benzene rings is 2. The van der Waals surface area contributed by atoms with Crippen molar-refractivity contribution in [3.8, 4) is 0 Å². The lowest BCUT2D eigenvalue weighted by atomic mass is 9.77. The lowest BCUT2D eigenvalue weighted by Gasteiger charge is -2.30. The van der Waals surface area contributed by atoms with Crippen LogP contribution < -0.4 is 5.73 Å². The molecule has 0 aliphatic heterocycles. The van der Waals surface area contributed by atoms with Crippen LogP contribution in [0.2, 0.25) is 10.0 Å². The van der Waals surface area contributed by atoms with Crippen molar-refractivity contribution >= 4 is 35.1 Å². The molecule has 0 heterocycles. The second-order valence-electron chi connectivity index (χ2n) is 6.33. The van der Waals surface area contributed by atoms with Gasteiger partial charge in [-0.15, -0.1) is 0 Å². The van der Waals surface area contributed by atoms with Crippen LogP contribution in [0.3, 0.4) is 0 Å². The van der Waals surface area contributed by atoms with Gasteiger partial charge < -0.3 is 15.9 Å². The maximum Gasteiger partial charge on any atom is 0.303 e. The Morgan fingerprint density at radius 2 is 1.52 bits per heavy atom. The van der Waals surface area contributed by atoms with Gasteiger partial charge in [-0.05, 0) is 41.7 Å². The Hall–Kier alpha value is -2.08. The number of halogens is 2. The molecule has 27 heavy (non-hydrogen) atoms. The van der Waals surface area contributed by atoms with Crippen LogP contribution in [-0.4, -0.2) is 22.2 Å². The first kappa shape index (κ1) is 21.2. The van der Waals surface area contributed by atoms with Gasteiger partial charge in [0.25, 0.3) is 0 Å². The highest BCUT2D eigenvalue weighted by Gasteiger charge is 2.26. The SMILES string of the molecule is N[C@H]1CC[C@@H](c2ccc(Cl)c(Cl)c2)c2ccccc21.O=C(O)CCC(=O)O. The second-order valence-corrected chi connectivity index (χ2v) is 7.14. The molecular formula is C20H21Cl2NO4. The van der Waals surface area contributed by atoms with Crippen LogP contribution >= 0.6 is 23.2 Å². The van der Waals surface area contributed by atoms with E-state index in [1.165, 1.54) is 16.7 Å². The quantitative estimate of drug-likeness (QED) is 0.669. The van der Waals surface area contributed by atoms with Crippen LogP contribution in [0, 0.1) is 0 Å². The number of aliphatic carboxylic acids is 2. The average molecular weight is 410 g/mol. The summed E-state index contributed by atoms with van der Waals surface area (Å²) in [4.78, 5) is 19.3. The minimum atomic E-state index is -1.08. The predicted octanol–water partition coefficient (Wildman–Crippen LogP) is 4.85. The van der Waals surface area contributed by atoms with Crippen LogP contribution in [0.4, 0.5) is 0 Å². The van der Waals surface area contributed by atoms with E-state index in [2.05, 4.69) is 30.3 Å². The van der Waals surface area contributed by atoms with Gasteiger partial charge >= 0.3 is 11.9 Å². The minimum Gasteiger partial charge on any atom is -0.481 e. The molecule has 2 atom stereocenters. The Balaban J connectivity index is 0.000000279. The molecule has 0 spiro atoms. The van der Waals surface area contributed by atoms with Crippen molar-refractivity contribution in [3.63, 3.8) is 0 Å². The van der Waals surface area contributed by atoms with Gasteiger partial charge in [0.2, 0.25) is 0 Å². The van der Waals surface area contributed by atoms with Gasteiger partial charge in [0.05, 0.1) is 22.9 Å². The number of fused-ring (bicyclic) bond motifs is 1. The monoisotopic (exact) mass is 409 g/mol. The first-order valence-corrected chi connectivity index (χ1v) is 9.28. The maximum atomic E-state index is 9.64. The highest BCUT2D eigenvalue weighted by molar-refractivity contribution is 6.42. The number of carboxylic acid groups (broad SMARTS) is 2. The summed E-state index contributed by atoms with van der Waals surface area (Å²) in [6.07, 6.45) is 1.46. The standard InChI is InChI=1S/C16H15Cl2N.C4H6O4/c17-14-7-5-10(9-15(14)18)11-6-8-16(19)13-4-2-1-3-12(11)13;5-3(6)1-2-4(7)8/h1-5,7,9,11,16H,6,8,19H2;1-2H2,(H,5,6)(H,7,8)/t11-,16-;/m0./s1. The van der Waals surface area contributed by atoms with Gasteiger partial charge in [-0.2, -0.15) is 0 Å². The summed E-state index contributed by atoms with van der Waals surface area (Å²) in [5, 5.41) is 17.0. The summed E-state index contributed by atoms with van der Waals surface area (Å²) in [5.74, 6) is -1.79. The highest BCUT2D eigenvalue weighted by Crippen LogP contribution is 2.41. The molecule has 0 amide bonds. The van der Waals surface area contributed by atoms with Crippen LogP contribution in [0.15, 0.2) is 42.5 Å². The van der Waals surface area contributed by atoms with E-state index >= 15 is 0 Å². The van der Waals surface area contributed by atoms with E-state index < -0.39 is 11.9 Å². The summed E-state index contributed by atoms with van der Waals surface area (Å²) in [6.45, 7) is 0. The molecule has 0 unspecified atom stereocenters. The lowest BCUT2D eigenvalue weighted by Crippen LogP contribution is -2.20. The number of hydrogen-bond acceptors (Lipinski definition) is 3. The molecule has 0 aromatic heterocycles. The lowest BCUT2D eigenvalue weighted by molar-refractivity contribution is -0.143. The van der Waals surface area contributed by atoms with Gasteiger partial charge in [-0.1, -0.05) is 53.5 Å². The molecule has 0 radical (unpaired) electrons. The van der Waals surface area contributed by atoms with Gasteiger partial charge in [0.1, 0.15) is 0 Å². The molecule has 2 aromatic carbocycles. The van der Waals surface area contributed by atoms with Crippen molar-refractivity contribution in [2.45, 2.75) is 37.6 Å². The van der Waals surface area contributed by atoms with Gasteiger partial charge in [0, 0.05) is 12.0 Å². The Kier molecular flexibility index (Phi) is 7.66. The molecule has 4 N–H and O–H groups in total. The Morgan fingerprint density at radius 3 is 2.07 bits per heavy atom. The molecule has 0 fully saturated rings. The van der Waals surface area contributed by atoms with Crippen molar-refractivity contribution in [1.29, 1.82) is 0 Å². The minimum absolute atomic E-state index is 0.148. The van der Waals surface area contributed by atoms with Crippen molar-refractivity contribution in [2.24, 2.45) is 5.73 Å².